The second kappa shape index (κ2) is 3.15. The lowest BCUT2D eigenvalue weighted by molar-refractivity contribution is 0.145. The van der Waals surface area contributed by atoms with E-state index in [0.29, 0.717) is 5.41 Å². The molecule has 0 bridgehead atoms. The van der Waals surface area contributed by atoms with Crippen LogP contribution in [0.3, 0.4) is 0 Å². The van der Waals surface area contributed by atoms with Crippen LogP contribution in [0.2, 0.25) is 0 Å². The van der Waals surface area contributed by atoms with Crippen LogP contribution in [0.25, 0.3) is 0 Å². The van der Waals surface area contributed by atoms with Crippen LogP contribution in [-0.2, 0) is 0 Å². The smallest absolute Gasteiger partial charge is 0.00881 e. The summed E-state index contributed by atoms with van der Waals surface area (Å²) in [6.45, 7) is 7.37. The van der Waals surface area contributed by atoms with E-state index in [1.165, 1.54) is 32.1 Å². The van der Waals surface area contributed by atoms with Crippen molar-refractivity contribution in [2.45, 2.75) is 52.9 Å². The summed E-state index contributed by atoms with van der Waals surface area (Å²) in [6.07, 6.45) is 9.51. The lowest BCUT2D eigenvalue weighted by Gasteiger charge is -2.46. The van der Waals surface area contributed by atoms with Crippen LogP contribution < -0.4 is 0 Å². The van der Waals surface area contributed by atoms with Crippen LogP contribution in [0.15, 0.2) is 11.6 Å². The van der Waals surface area contributed by atoms with Crippen molar-refractivity contribution in [3.05, 3.63) is 11.6 Å². The van der Waals surface area contributed by atoms with Crippen LogP contribution in [0.1, 0.15) is 52.9 Å². The van der Waals surface area contributed by atoms with Gasteiger partial charge in [-0.3, -0.25) is 0 Å². The van der Waals surface area contributed by atoms with Gasteiger partial charge in [0.25, 0.3) is 0 Å². The number of hydrogen-bond donors (Lipinski definition) is 0. The Balaban J connectivity index is 2.27. The Kier molecular flexibility index (Phi) is 2.25. The van der Waals surface area contributed by atoms with E-state index in [9.17, 15) is 0 Å². The Morgan fingerprint density at radius 2 is 2.08 bits per heavy atom. The van der Waals surface area contributed by atoms with Gasteiger partial charge in [0, 0.05) is 0 Å². The molecule has 74 valence electrons. The van der Waals surface area contributed by atoms with Crippen molar-refractivity contribution in [3.8, 4) is 0 Å². The average molecular weight is 178 g/mol. The molecule has 1 saturated carbocycles. The highest BCUT2D eigenvalue weighted by Crippen LogP contribution is 2.51. The topological polar surface area (TPSA) is 0 Å². The molecule has 1 fully saturated rings. The zero-order valence-corrected chi connectivity index (χ0v) is 9.27. The normalized spacial score (nSPS) is 45.3. The average Bonchev–Trinajstić information content (AvgIpc) is 2.07. The first-order valence-corrected chi connectivity index (χ1v) is 5.82. The van der Waals surface area contributed by atoms with Crippen LogP contribution in [0.5, 0.6) is 0 Å². The minimum atomic E-state index is 0.565. The molecule has 0 aliphatic heterocycles. The highest BCUT2D eigenvalue weighted by molar-refractivity contribution is 5.20. The largest absolute Gasteiger partial charge is 0.0848 e. The van der Waals surface area contributed by atoms with E-state index in [4.69, 9.17) is 0 Å². The Morgan fingerprint density at radius 3 is 2.85 bits per heavy atom. The first-order chi connectivity index (χ1) is 6.13. The fourth-order valence-corrected chi connectivity index (χ4v) is 3.32. The van der Waals surface area contributed by atoms with Gasteiger partial charge in [-0.2, -0.15) is 0 Å². The van der Waals surface area contributed by atoms with Gasteiger partial charge in [0.15, 0.2) is 0 Å². The molecular formula is C13H22. The Bertz CT molecular complexity index is 226. The monoisotopic (exact) mass is 178 g/mol. The maximum atomic E-state index is 2.53. The van der Waals surface area contributed by atoms with Crippen LogP contribution >= 0.6 is 0 Å². The fraction of sp³-hybridized carbons (Fsp3) is 0.846. The summed E-state index contributed by atoms with van der Waals surface area (Å²) in [7, 11) is 0. The third kappa shape index (κ3) is 1.45. The molecule has 0 aromatic rings. The first kappa shape index (κ1) is 9.30. The molecule has 2 rings (SSSR count). The molecule has 3 atom stereocenters. The van der Waals surface area contributed by atoms with E-state index in [1.807, 2.05) is 0 Å². The lowest BCUT2D eigenvalue weighted by Crippen LogP contribution is -2.35. The maximum Gasteiger partial charge on any atom is -0.00881 e. The molecule has 1 unspecified atom stereocenters. The predicted octanol–water partition coefficient (Wildman–Crippen LogP) is 4.17. The van der Waals surface area contributed by atoms with E-state index >= 15 is 0 Å². The van der Waals surface area contributed by atoms with E-state index in [1.54, 1.807) is 5.57 Å². The summed E-state index contributed by atoms with van der Waals surface area (Å²) in [6, 6.07) is 0. The quantitative estimate of drug-likeness (QED) is 0.488. The van der Waals surface area contributed by atoms with Gasteiger partial charge in [-0.25, -0.2) is 0 Å². The first-order valence-electron chi connectivity index (χ1n) is 5.82. The number of fused-ring (bicyclic) bond motifs is 1. The molecule has 0 saturated heterocycles. The molecule has 0 amide bonds. The van der Waals surface area contributed by atoms with Gasteiger partial charge in [-0.15, -0.1) is 0 Å². The number of rotatable bonds is 0. The summed E-state index contributed by atoms with van der Waals surface area (Å²) >= 11 is 0. The highest BCUT2D eigenvalue weighted by Gasteiger charge is 2.40. The molecule has 2 aliphatic rings. The van der Waals surface area contributed by atoms with Crippen LogP contribution in [0.4, 0.5) is 0 Å². The van der Waals surface area contributed by atoms with Gasteiger partial charge in [0.05, 0.1) is 0 Å². The van der Waals surface area contributed by atoms with Crippen molar-refractivity contribution >= 4 is 0 Å². The van der Waals surface area contributed by atoms with Gasteiger partial charge in [0.1, 0.15) is 0 Å². The molecule has 0 heterocycles. The number of hydrogen-bond acceptors (Lipinski definition) is 0. The third-order valence-corrected chi connectivity index (χ3v) is 4.49. The second-order valence-corrected chi connectivity index (χ2v) is 5.47. The Hall–Kier alpha value is -0.260. The molecule has 0 heteroatoms. The molecule has 0 N–H and O–H groups in total. The minimum Gasteiger partial charge on any atom is -0.0848 e. The Morgan fingerprint density at radius 1 is 1.31 bits per heavy atom. The zero-order chi connectivity index (χ0) is 9.47. The summed E-state index contributed by atoms with van der Waals surface area (Å²) in [4.78, 5) is 0. The second-order valence-electron chi connectivity index (χ2n) is 5.47. The fourth-order valence-electron chi connectivity index (χ4n) is 3.32. The predicted molar refractivity (Wildman–Crippen MR) is 57.6 cm³/mol. The standard InChI is InChI=1S/C13H22/c1-10-7-8-12-6-4-5-11(2)13(12,3)9-10/h6,10-11H,4-5,7-9H2,1-3H3/t10?,11-,13+/m1/s1. The van der Waals surface area contributed by atoms with Gasteiger partial charge in [-0.1, -0.05) is 32.4 Å². The van der Waals surface area contributed by atoms with Gasteiger partial charge < -0.3 is 0 Å². The molecule has 0 spiro atoms. The van der Waals surface area contributed by atoms with Crippen molar-refractivity contribution in [2.24, 2.45) is 17.3 Å². The molecule has 2 aliphatic carbocycles. The van der Waals surface area contributed by atoms with E-state index in [-0.39, 0.29) is 0 Å². The summed E-state index contributed by atoms with van der Waals surface area (Å²) < 4.78 is 0. The molecular weight excluding hydrogens is 156 g/mol. The van der Waals surface area contributed by atoms with Crippen LogP contribution in [0, 0.1) is 17.3 Å². The van der Waals surface area contributed by atoms with Gasteiger partial charge in [-0.05, 0) is 49.4 Å². The maximum absolute atomic E-state index is 2.53. The third-order valence-electron chi connectivity index (χ3n) is 4.49. The van der Waals surface area contributed by atoms with Gasteiger partial charge >= 0.3 is 0 Å². The molecule has 13 heavy (non-hydrogen) atoms. The Labute approximate surface area is 82.4 Å². The number of allylic oxidation sites excluding steroid dienone is 2. The zero-order valence-electron chi connectivity index (χ0n) is 9.27. The van der Waals surface area contributed by atoms with Crippen molar-refractivity contribution in [1.29, 1.82) is 0 Å². The molecule has 0 aromatic carbocycles. The molecule has 0 aromatic heterocycles. The molecule has 0 nitrogen and oxygen atoms in total. The highest BCUT2D eigenvalue weighted by atomic mass is 14.4. The summed E-state index contributed by atoms with van der Waals surface area (Å²) in [5.41, 5.74) is 2.35. The van der Waals surface area contributed by atoms with Crippen molar-refractivity contribution in [3.63, 3.8) is 0 Å². The van der Waals surface area contributed by atoms with Gasteiger partial charge in [0.2, 0.25) is 0 Å². The van der Waals surface area contributed by atoms with E-state index in [2.05, 4.69) is 26.8 Å². The van der Waals surface area contributed by atoms with Crippen LogP contribution in [-0.4, -0.2) is 0 Å². The SMILES string of the molecule is CC1CCC2=CCC[C@@H](C)[C@]2(C)C1. The van der Waals surface area contributed by atoms with Crippen molar-refractivity contribution < 1.29 is 0 Å². The molecule has 0 radical (unpaired) electrons. The van der Waals surface area contributed by atoms with E-state index < -0.39 is 0 Å². The summed E-state index contributed by atoms with van der Waals surface area (Å²) in [5.74, 6) is 1.86. The van der Waals surface area contributed by atoms with Crippen molar-refractivity contribution in [1.82, 2.24) is 0 Å². The lowest BCUT2D eigenvalue weighted by atomic mass is 9.59. The summed E-state index contributed by atoms with van der Waals surface area (Å²) in [5, 5.41) is 0. The van der Waals surface area contributed by atoms with Crippen molar-refractivity contribution in [2.75, 3.05) is 0 Å². The van der Waals surface area contributed by atoms with E-state index in [0.717, 1.165) is 11.8 Å². The minimum absolute atomic E-state index is 0.565.